The Morgan fingerprint density at radius 3 is 2.86 bits per heavy atom. The van der Waals surface area contributed by atoms with E-state index in [-0.39, 0.29) is 40.8 Å². The van der Waals surface area contributed by atoms with Crippen molar-refractivity contribution in [2.24, 2.45) is 5.92 Å². The number of ether oxygens (including phenoxy) is 1. The molecule has 9 nitrogen and oxygen atoms in total. The molecule has 2 aromatic heterocycles. The van der Waals surface area contributed by atoms with E-state index in [9.17, 15) is 14.4 Å². The van der Waals surface area contributed by atoms with Gasteiger partial charge in [-0.15, -0.1) is 0 Å². The second-order valence-electron chi connectivity index (χ2n) is 4.62. The number of H-pyrrole nitrogens is 3. The molecule has 10 heteroatoms. The van der Waals surface area contributed by atoms with Gasteiger partial charge in [-0.1, -0.05) is 0 Å². The smallest absolute Gasteiger partial charge is 0.311 e. The lowest BCUT2D eigenvalue weighted by atomic mass is 10.1. The van der Waals surface area contributed by atoms with Crippen molar-refractivity contribution in [1.82, 2.24) is 19.9 Å². The Morgan fingerprint density at radius 1 is 1.38 bits per heavy atom. The van der Waals surface area contributed by atoms with Crippen molar-refractivity contribution in [3.8, 4) is 0 Å². The summed E-state index contributed by atoms with van der Waals surface area (Å²) in [5.41, 5.74) is 0.0182. The zero-order valence-electron chi connectivity index (χ0n) is 10.9. The topological polar surface area (TPSA) is 124 Å². The fraction of sp³-hybridized carbons (Fsp3) is 0.364. The molecule has 1 aliphatic rings. The van der Waals surface area contributed by atoms with Crippen LogP contribution in [0, 0.1) is 10.7 Å². The Bertz CT molecular complexity index is 850. The molecule has 1 amide bonds. The molecule has 110 valence electrons. The molecule has 1 fully saturated rings. The molecule has 3 heterocycles. The highest BCUT2D eigenvalue weighted by molar-refractivity contribution is 7.71. The number of hydrogen-bond donors (Lipinski definition) is 3. The maximum Gasteiger partial charge on any atom is 0.311 e. The van der Waals surface area contributed by atoms with E-state index in [1.807, 2.05) is 0 Å². The second-order valence-corrected chi connectivity index (χ2v) is 5.03. The van der Waals surface area contributed by atoms with Crippen molar-refractivity contribution >= 4 is 41.2 Å². The van der Waals surface area contributed by atoms with Crippen LogP contribution < -0.4 is 10.5 Å². The van der Waals surface area contributed by atoms with Gasteiger partial charge in [0, 0.05) is 13.0 Å². The average Bonchev–Trinajstić information content (AvgIpc) is 3.00. The van der Waals surface area contributed by atoms with E-state index in [0.29, 0.717) is 0 Å². The maximum atomic E-state index is 12.0. The highest BCUT2D eigenvalue weighted by atomic mass is 32.1. The SMILES string of the molecule is COC(=O)C1CC(=O)N(c2nc3[nH]c(=S)[nH]c3c(=O)[nH]2)C1. The third kappa shape index (κ3) is 2.23. The van der Waals surface area contributed by atoms with E-state index in [1.165, 1.54) is 12.0 Å². The number of nitrogens with zero attached hydrogens (tertiary/aromatic N) is 2. The van der Waals surface area contributed by atoms with Crippen molar-refractivity contribution in [2.45, 2.75) is 6.42 Å². The first-order valence-electron chi connectivity index (χ1n) is 6.10. The van der Waals surface area contributed by atoms with Crippen LogP contribution in [0.1, 0.15) is 6.42 Å². The van der Waals surface area contributed by atoms with Crippen LogP contribution in [-0.4, -0.2) is 45.5 Å². The fourth-order valence-corrected chi connectivity index (χ4v) is 2.48. The monoisotopic (exact) mass is 309 g/mol. The molecule has 1 saturated heterocycles. The average molecular weight is 309 g/mol. The van der Waals surface area contributed by atoms with E-state index in [1.54, 1.807) is 0 Å². The quantitative estimate of drug-likeness (QED) is 0.523. The van der Waals surface area contributed by atoms with Crippen LogP contribution in [0.15, 0.2) is 4.79 Å². The lowest BCUT2D eigenvalue weighted by Gasteiger charge is -2.14. The van der Waals surface area contributed by atoms with E-state index in [0.717, 1.165) is 0 Å². The molecule has 0 spiro atoms. The zero-order chi connectivity index (χ0) is 15.1. The Morgan fingerprint density at radius 2 is 2.14 bits per heavy atom. The standard InChI is InChI=1S/C11H11N5O4S/c1-20-9(19)4-2-5(17)16(3-4)10-13-7-6(8(18)15-10)12-11(21)14-7/h4H,2-3H2,1H3,(H3,12,13,14,15,18,21). The number of aromatic nitrogens is 4. The van der Waals surface area contributed by atoms with E-state index >= 15 is 0 Å². The number of fused-ring (bicyclic) bond motifs is 1. The van der Waals surface area contributed by atoms with Crippen LogP contribution in [0.2, 0.25) is 0 Å². The first-order valence-corrected chi connectivity index (χ1v) is 6.51. The maximum absolute atomic E-state index is 12.0. The largest absolute Gasteiger partial charge is 0.469 e. The van der Waals surface area contributed by atoms with Crippen LogP contribution >= 0.6 is 12.2 Å². The number of carbonyl (C=O) groups is 2. The minimum absolute atomic E-state index is 0.0254. The number of amides is 1. The number of nitrogens with one attached hydrogen (secondary N) is 3. The summed E-state index contributed by atoms with van der Waals surface area (Å²) in [6.07, 6.45) is 0.0254. The number of methoxy groups -OCH3 is 1. The van der Waals surface area contributed by atoms with Crippen LogP contribution in [0.5, 0.6) is 0 Å². The molecular formula is C11H11N5O4S. The number of aromatic amines is 3. The number of anilines is 1. The molecule has 1 unspecified atom stereocenters. The number of imidazole rings is 1. The highest BCUT2D eigenvalue weighted by Crippen LogP contribution is 2.23. The molecule has 0 aliphatic carbocycles. The van der Waals surface area contributed by atoms with Gasteiger partial charge in [-0.05, 0) is 12.2 Å². The Labute approximate surface area is 122 Å². The van der Waals surface area contributed by atoms with Gasteiger partial charge >= 0.3 is 5.97 Å². The van der Waals surface area contributed by atoms with Crippen LogP contribution in [0.25, 0.3) is 11.2 Å². The Balaban J connectivity index is 2.01. The van der Waals surface area contributed by atoms with Gasteiger partial charge in [0.2, 0.25) is 11.9 Å². The molecule has 0 radical (unpaired) electrons. The molecule has 1 atom stereocenters. The molecular weight excluding hydrogens is 298 g/mol. The summed E-state index contributed by atoms with van der Waals surface area (Å²) in [5, 5.41) is 0. The van der Waals surface area contributed by atoms with E-state index in [2.05, 4.69) is 24.7 Å². The first-order chi connectivity index (χ1) is 9.99. The minimum Gasteiger partial charge on any atom is -0.469 e. The molecule has 3 N–H and O–H groups in total. The van der Waals surface area contributed by atoms with E-state index < -0.39 is 17.4 Å². The van der Waals surface area contributed by atoms with Crippen LogP contribution in [0.3, 0.4) is 0 Å². The minimum atomic E-state index is -0.562. The molecule has 2 aromatic rings. The summed E-state index contributed by atoms with van der Waals surface area (Å²) in [5.74, 6) is -1.25. The van der Waals surface area contributed by atoms with Gasteiger partial charge in [0.05, 0.1) is 13.0 Å². The number of esters is 1. The third-order valence-corrected chi connectivity index (χ3v) is 3.50. The lowest BCUT2D eigenvalue weighted by molar-refractivity contribution is -0.145. The van der Waals surface area contributed by atoms with Crippen LogP contribution in [-0.2, 0) is 14.3 Å². The predicted octanol–water partition coefficient (Wildman–Crippen LogP) is -0.165. The molecule has 3 rings (SSSR count). The van der Waals surface area contributed by atoms with Crippen molar-refractivity contribution in [3.63, 3.8) is 0 Å². The summed E-state index contributed by atoms with van der Waals surface area (Å²) in [4.78, 5) is 48.7. The van der Waals surface area contributed by atoms with Crippen molar-refractivity contribution < 1.29 is 14.3 Å². The van der Waals surface area contributed by atoms with Gasteiger partial charge in [-0.25, -0.2) is 0 Å². The van der Waals surface area contributed by atoms with Crippen molar-refractivity contribution in [3.05, 3.63) is 15.1 Å². The molecule has 0 bridgehead atoms. The highest BCUT2D eigenvalue weighted by Gasteiger charge is 2.37. The Kier molecular flexibility index (Phi) is 3.09. The molecule has 0 aromatic carbocycles. The first kappa shape index (κ1) is 13.5. The number of carbonyl (C=O) groups excluding carboxylic acids is 2. The molecule has 21 heavy (non-hydrogen) atoms. The van der Waals surface area contributed by atoms with Crippen molar-refractivity contribution in [1.29, 1.82) is 0 Å². The van der Waals surface area contributed by atoms with Gasteiger partial charge in [0.1, 0.15) is 5.52 Å². The van der Waals surface area contributed by atoms with Gasteiger partial charge < -0.3 is 14.7 Å². The zero-order valence-corrected chi connectivity index (χ0v) is 11.7. The summed E-state index contributed by atoms with van der Waals surface area (Å²) in [6.45, 7) is 0.116. The number of hydrogen-bond acceptors (Lipinski definition) is 6. The second kappa shape index (κ2) is 4.81. The lowest BCUT2D eigenvalue weighted by Crippen LogP contribution is -2.29. The van der Waals surface area contributed by atoms with Crippen LogP contribution in [0.4, 0.5) is 5.95 Å². The van der Waals surface area contributed by atoms with Gasteiger partial charge in [0.15, 0.2) is 10.4 Å². The summed E-state index contributed by atoms with van der Waals surface area (Å²) >= 11 is 4.90. The third-order valence-electron chi connectivity index (χ3n) is 3.29. The van der Waals surface area contributed by atoms with E-state index in [4.69, 9.17) is 12.2 Å². The summed E-state index contributed by atoms with van der Waals surface area (Å²) < 4.78 is 4.89. The molecule has 1 aliphatic heterocycles. The van der Waals surface area contributed by atoms with Gasteiger partial charge in [0.25, 0.3) is 5.56 Å². The predicted molar refractivity (Wildman–Crippen MR) is 74.4 cm³/mol. The Hall–Kier alpha value is -2.49. The summed E-state index contributed by atoms with van der Waals surface area (Å²) in [7, 11) is 1.27. The number of rotatable bonds is 2. The van der Waals surface area contributed by atoms with Crippen molar-refractivity contribution in [2.75, 3.05) is 18.6 Å². The molecule has 0 saturated carbocycles. The van der Waals surface area contributed by atoms with Gasteiger partial charge in [-0.3, -0.25) is 24.3 Å². The summed E-state index contributed by atoms with van der Waals surface area (Å²) in [6, 6.07) is 0. The van der Waals surface area contributed by atoms with Gasteiger partial charge in [-0.2, -0.15) is 4.98 Å². The normalized spacial score (nSPS) is 18.4. The fourth-order valence-electron chi connectivity index (χ4n) is 2.28.